The fourth-order valence-corrected chi connectivity index (χ4v) is 3.33. The molecule has 0 aromatic heterocycles. The van der Waals surface area contributed by atoms with Gasteiger partial charge >= 0.3 is 0 Å². The SMILES string of the molecule is CCCCCCCCCCCCCCCC/C=C\CC/C=C\CCCO. The summed E-state index contributed by atoms with van der Waals surface area (Å²) in [6, 6.07) is 0. The summed E-state index contributed by atoms with van der Waals surface area (Å²) in [5.74, 6) is 0. The van der Waals surface area contributed by atoms with Crippen molar-refractivity contribution in [3.8, 4) is 0 Å². The van der Waals surface area contributed by atoms with Crippen LogP contribution in [0.2, 0.25) is 0 Å². The number of hydrogen-bond acceptors (Lipinski definition) is 1. The minimum Gasteiger partial charge on any atom is -0.396 e. The van der Waals surface area contributed by atoms with E-state index >= 15 is 0 Å². The van der Waals surface area contributed by atoms with Gasteiger partial charge in [0.25, 0.3) is 0 Å². The lowest BCUT2D eigenvalue weighted by atomic mass is 10.0. The van der Waals surface area contributed by atoms with E-state index in [0.717, 1.165) is 25.7 Å². The summed E-state index contributed by atoms with van der Waals surface area (Å²) in [5.41, 5.74) is 0. The highest BCUT2D eigenvalue weighted by Crippen LogP contribution is 2.13. The van der Waals surface area contributed by atoms with Gasteiger partial charge in [0.15, 0.2) is 0 Å². The van der Waals surface area contributed by atoms with Crippen molar-refractivity contribution in [2.45, 2.75) is 129 Å². The van der Waals surface area contributed by atoms with E-state index < -0.39 is 0 Å². The molecule has 26 heavy (non-hydrogen) atoms. The molecular weight excluding hydrogens is 316 g/mol. The van der Waals surface area contributed by atoms with Gasteiger partial charge in [0, 0.05) is 6.61 Å². The summed E-state index contributed by atoms with van der Waals surface area (Å²) in [4.78, 5) is 0. The van der Waals surface area contributed by atoms with E-state index in [1.54, 1.807) is 0 Å². The van der Waals surface area contributed by atoms with Crippen molar-refractivity contribution < 1.29 is 5.11 Å². The smallest absolute Gasteiger partial charge is 0.0433 e. The summed E-state index contributed by atoms with van der Waals surface area (Å²) < 4.78 is 0. The fraction of sp³-hybridized carbons (Fsp3) is 0.840. The van der Waals surface area contributed by atoms with Gasteiger partial charge in [-0.25, -0.2) is 0 Å². The Morgan fingerprint density at radius 3 is 1.19 bits per heavy atom. The monoisotopic (exact) mass is 364 g/mol. The second-order valence-corrected chi connectivity index (χ2v) is 7.77. The average Bonchev–Trinajstić information content (AvgIpc) is 2.66. The van der Waals surface area contributed by atoms with Crippen LogP contribution >= 0.6 is 0 Å². The average molecular weight is 365 g/mol. The minimum absolute atomic E-state index is 0.309. The molecule has 0 spiro atoms. The molecule has 154 valence electrons. The Labute approximate surface area is 165 Å². The molecule has 0 amide bonds. The van der Waals surface area contributed by atoms with E-state index in [1.807, 2.05) is 0 Å². The fourth-order valence-electron chi connectivity index (χ4n) is 3.33. The third kappa shape index (κ3) is 23.4. The van der Waals surface area contributed by atoms with E-state index in [-0.39, 0.29) is 0 Å². The molecule has 0 atom stereocenters. The zero-order chi connectivity index (χ0) is 19.0. The van der Waals surface area contributed by atoms with Gasteiger partial charge in [0.05, 0.1) is 0 Å². The van der Waals surface area contributed by atoms with Crippen molar-refractivity contribution in [2.75, 3.05) is 6.61 Å². The standard InChI is InChI=1S/C25H48O/c1-2-3-4-5-6-7-8-9-10-11-12-13-14-15-16-17-18-19-20-21-22-23-24-25-26/h17-18,21-22,26H,2-16,19-20,23-25H2,1H3/b18-17-,22-21-. The molecule has 0 aromatic carbocycles. The number of rotatable bonds is 21. The quantitative estimate of drug-likeness (QED) is 0.160. The molecule has 0 aromatic rings. The van der Waals surface area contributed by atoms with Gasteiger partial charge in [-0.2, -0.15) is 0 Å². The third-order valence-electron chi connectivity index (χ3n) is 5.09. The predicted molar refractivity (Wildman–Crippen MR) is 119 cm³/mol. The molecule has 1 heteroatoms. The van der Waals surface area contributed by atoms with Crippen LogP contribution < -0.4 is 0 Å². The molecule has 0 aliphatic heterocycles. The van der Waals surface area contributed by atoms with Crippen molar-refractivity contribution in [3.63, 3.8) is 0 Å². The van der Waals surface area contributed by atoms with Gasteiger partial charge in [0.1, 0.15) is 0 Å². The van der Waals surface area contributed by atoms with E-state index in [4.69, 9.17) is 5.11 Å². The molecule has 0 aliphatic carbocycles. The van der Waals surface area contributed by atoms with Crippen LogP contribution in [0.4, 0.5) is 0 Å². The summed E-state index contributed by atoms with van der Waals surface area (Å²) in [5, 5.41) is 8.69. The lowest BCUT2D eigenvalue weighted by molar-refractivity contribution is 0.289. The maximum Gasteiger partial charge on any atom is 0.0433 e. The van der Waals surface area contributed by atoms with Gasteiger partial charge in [-0.15, -0.1) is 0 Å². The van der Waals surface area contributed by atoms with Crippen molar-refractivity contribution >= 4 is 0 Å². The number of aliphatic hydroxyl groups excluding tert-OH is 1. The zero-order valence-corrected chi connectivity index (χ0v) is 17.9. The first-order valence-corrected chi connectivity index (χ1v) is 11.8. The third-order valence-corrected chi connectivity index (χ3v) is 5.09. The Bertz CT molecular complexity index is 293. The van der Waals surface area contributed by atoms with E-state index in [1.165, 1.54) is 96.3 Å². The lowest BCUT2D eigenvalue weighted by Gasteiger charge is -2.02. The molecule has 0 unspecified atom stereocenters. The zero-order valence-electron chi connectivity index (χ0n) is 17.9. The molecular formula is C25H48O. The molecule has 0 fully saturated rings. The number of allylic oxidation sites excluding steroid dienone is 4. The highest BCUT2D eigenvalue weighted by Gasteiger charge is 1.93. The first-order chi connectivity index (χ1) is 12.9. The molecule has 1 nitrogen and oxygen atoms in total. The van der Waals surface area contributed by atoms with Gasteiger partial charge < -0.3 is 5.11 Å². The Morgan fingerprint density at radius 1 is 0.423 bits per heavy atom. The summed E-state index contributed by atoms with van der Waals surface area (Å²) in [6.07, 6.45) is 34.7. The summed E-state index contributed by atoms with van der Waals surface area (Å²) in [6.45, 7) is 2.60. The van der Waals surface area contributed by atoms with Crippen molar-refractivity contribution in [1.82, 2.24) is 0 Å². The molecule has 0 saturated carbocycles. The Kier molecular flexibility index (Phi) is 23.9. The van der Waals surface area contributed by atoms with Gasteiger partial charge in [-0.05, 0) is 38.5 Å². The molecule has 0 bridgehead atoms. The maximum atomic E-state index is 8.69. The maximum absolute atomic E-state index is 8.69. The van der Waals surface area contributed by atoms with Crippen LogP contribution in [0.3, 0.4) is 0 Å². The van der Waals surface area contributed by atoms with Crippen LogP contribution in [-0.2, 0) is 0 Å². The molecule has 0 heterocycles. The summed E-state index contributed by atoms with van der Waals surface area (Å²) >= 11 is 0. The Balaban J connectivity index is 3.08. The first kappa shape index (κ1) is 25.4. The van der Waals surface area contributed by atoms with Gasteiger partial charge in [-0.1, -0.05) is 115 Å². The van der Waals surface area contributed by atoms with E-state index in [9.17, 15) is 0 Å². The highest BCUT2D eigenvalue weighted by molar-refractivity contribution is 4.88. The molecule has 0 radical (unpaired) electrons. The molecule has 0 saturated heterocycles. The number of unbranched alkanes of at least 4 members (excludes halogenated alkanes) is 16. The van der Waals surface area contributed by atoms with Crippen LogP contribution in [0.1, 0.15) is 129 Å². The summed E-state index contributed by atoms with van der Waals surface area (Å²) in [7, 11) is 0. The second-order valence-electron chi connectivity index (χ2n) is 7.77. The van der Waals surface area contributed by atoms with Gasteiger partial charge in [0.2, 0.25) is 0 Å². The van der Waals surface area contributed by atoms with Crippen LogP contribution in [0.15, 0.2) is 24.3 Å². The Morgan fingerprint density at radius 2 is 0.769 bits per heavy atom. The second kappa shape index (κ2) is 24.4. The molecule has 0 rings (SSSR count). The van der Waals surface area contributed by atoms with Gasteiger partial charge in [-0.3, -0.25) is 0 Å². The van der Waals surface area contributed by atoms with Crippen LogP contribution in [0.5, 0.6) is 0 Å². The van der Waals surface area contributed by atoms with E-state index in [0.29, 0.717) is 6.61 Å². The lowest BCUT2D eigenvalue weighted by Crippen LogP contribution is -1.83. The van der Waals surface area contributed by atoms with E-state index in [2.05, 4.69) is 31.2 Å². The Hall–Kier alpha value is -0.560. The number of hydrogen-bond donors (Lipinski definition) is 1. The van der Waals surface area contributed by atoms with Crippen molar-refractivity contribution in [2.24, 2.45) is 0 Å². The predicted octanol–water partition coefficient (Wildman–Crippen LogP) is 8.52. The largest absolute Gasteiger partial charge is 0.396 e. The normalized spacial score (nSPS) is 11.9. The molecule has 0 aliphatic rings. The first-order valence-electron chi connectivity index (χ1n) is 11.8. The van der Waals surface area contributed by atoms with Crippen LogP contribution in [-0.4, -0.2) is 11.7 Å². The number of aliphatic hydroxyl groups is 1. The highest BCUT2D eigenvalue weighted by atomic mass is 16.2. The minimum atomic E-state index is 0.309. The van der Waals surface area contributed by atoms with Crippen LogP contribution in [0, 0.1) is 0 Å². The van der Waals surface area contributed by atoms with Crippen molar-refractivity contribution in [1.29, 1.82) is 0 Å². The van der Waals surface area contributed by atoms with Crippen molar-refractivity contribution in [3.05, 3.63) is 24.3 Å². The topological polar surface area (TPSA) is 20.2 Å². The molecule has 1 N–H and O–H groups in total. The van der Waals surface area contributed by atoms with Crippen LogP contribution in [0.25, 0.3) is 0 Å².